The van der Waals surface area contributed by atoms with E-state index in [0.717, 1.165) is 11.8 Å². The normalized spacial score (nSPS) is 16.5. The lowest BCUT2D eigenvalue weighted by molar-refractivity contribution is -0.115. The van der Waals surface area contributed by atoms with E-state index >= 15 is 0 Å². The maximum absolute atomic E-state index is 12.4. The Hall–Kier alpha value is -2.12. The summed E-state index contributed by atoms with van der Waals surface area (Å²) in [6, 6.07) is 4.98. The molecular formula is C14H9NO4S2. The summed E-state index contributed by atoms with van der Waals surface area (Å²) in [6.45, 7) is 0. The van der Waals surface area contributed by atoms with Crippen LogP contribution in [0.25, 0.3) is 17.0 Å². The van der Waals surface area contributed by atoms with Crippen LogP contribution in [0.2, 0.25) is 0 Å². The predicted octanol–water partition coefficient (Wildman–Crippen LogP) is 2.29. The van der Waals surface area contributed by atoms with Gasteiger partial charge in [-0.2, -0.15) is 0 Å². The molecule has 21 heavy (non-hydrogen) atoms. The molecule has 7 heteroatoms. The van der Waals surface area contributed by atoms with Crippen molar-refractivity contribution in [3.8, 4) is 5.75 Å². The summed E-state index contributed by atoms with van der Waals surface area (Å²) >= 11 is 6.02. The number of rotatable bonds is 2. The van der Waals surface area contributed by atoms with Crippen LogP contribution in [0.1, 0.15) is 5.56 Å². The fourth-order valence-corrected chi connectivity index (χ4v) is 2.95. The average molecular weight is 319 g/mol. The van der Waals surface area contributed by atoms with Crippen molar-refractivity contribution in [3.05, 3.63) is 45.2 Å². The molecule has 2 heterocycles. The smallest absolute Gasteiger partial charge is 0.263 e. The largest absolute Gasteiger partial charge is 0.497 e. The molecule has 1 saturated heterocycles. The summed E-state index contributed by atoms with van der Waals surface area (Å²) < 4.78 is 10.9. The first-order chi connectivity index (χ1) is 10.1. The summed E-state index contributed by atoms with van der Waals surface area (Å²) in [5.41, 5.74) is 0.522. The topological polar surface area (TPSA) is 68.5 Å². The van der Waals surface area contributed by atoms with Crippen LogP contribution < -0.4 is 15.5 Å². The molecule has 1 N–H and O–H groups in total. The second-order valence-electron chi connectivity index (χ2n) is 4.23. The molecule has 1 aliphatic heterocycles. The second kappa shape index (κ2) is 5.34. The number of hydrogen-bond acceptors (Lipinski definition) is 6. The predicted molar refractivity (Wildman–Crippen MR) is 85.3 cm³/mol. The van der Waals surface area contributed by atoms with E-state index in [2.05, 4.69) is 5.32 Å². The Labute approximate surface area is 129 Å². The van der Waals surface area contributed by atoms with E-state index in [0.29, 0.717) is 25.9 Å². The van der Waals surface area contributed by atoms with Crippen molar-refractivity contribution in [1.82, 2.24) is 5.32 Å². The zero-order valence-corrected chi connectivity index (χ0v) is 12.5. The van der Waals surface area contributed by atoms with Gasteiger partial charge in [0.2, 0.25) is 0 Å². The summed E-state index contributed by atoms with van der Waals surface area (Å²) in [6.07, 6.45) is 2.81. The fourth-order valence-electron chi connectivity index (χ4n) is 1.91. The third-order valence-electron chi connectivity index (χ3n) is 2.94. The molecule has 3 rings (SSSR count). The minimum absolute atomic E-state index is 0.228. The van der Waals surface area contributed by atoms with Crippen LogP contribution >= 0.6 is 24.0 Å². The van der Waals surface area contributed by atoms with Gasteiger partial charge in [0.1, 0.15) is 21.9 Å². The van der Waals surface area contributed by atoms with Gasteiger partial charge in [0, 0.05) is 0 Å². The molecule has 0 unspecified atom stereocenters. The van der Waals surface area contributed by atoms with Crippen molar-refractivity contribution in [2.24, 2.45) is 0 Å². The van der Waals surface area contributed by atoms with Crippen LogP contribution in [0.15, 0.2) is 38.6 Å². The maximum atomic E-state index is 12.4. The number of thiocarbonyl (C=S) groups is 1. The first-order valence-electron chi connectivity index (χ1n) is 5.93. The van der Waals surface area contributed by atoms with Gasteiger partial charge in [0.05, 0.1) is 23.0 Å². The van der Waals surface area contributed by atoms with E-state index in [1.807, 2.05) is 0 Å². The lowest BCUT2D eigenvalue weighted by Gasteiger charge is -2.02. The van der Waals surface area contributed by atoms with Crippen molar-refractivity contribution in [3.63, 3.8) is 0 Å². The lowest BCUT2D eigenvalue weighted by atomic mass is 10.1. The molecule has 1 aromatic carbocycles. The van der Waals surface area contributed by atoms with Crippen LogP contribution in [0.5, 0.6) is 5.75 Å². The molecule has 1 aliphatic rings. The molecule has 1 aromatic heterocycles. The molecule has 0 saturated carbocycles. The number of benzene rings is 1. The molecule has 0 radical (unpaired) electrons. The number of carbonyl (C=O) groups excluding carboxylic acids is 1. The zero-order chi connectivity index (χ0) is 15.0. The van der Waals surface area contributed by atoms with E-state index in [1.165, 1.54) is 19.4 Å². The van der Waals surface area contributed by atoms with Crippen LogP contribution in [-0.4, -0.2) is 17.3 Å². The summed E-state index contributed by atoms with van der Waals surface area (Å²) in [5.74, 6) is 0.254. The number of hydrogen-bond donors (Lipinski definition) is 1. The number of thioether (sulfide) groups is 1. The van der Waals surface area contributed by atoms with Crippen LogP contribution in [-0.2, 0) is 4.79 Å². The van der Waals surface area contributed by atoms with Gasteiger partial charge in [0.25, 0.3) is 5.91 Å². The van der Waals surface area contributed by atoms with Gasteiger partial charge in [-0.3, -0.25) is 9.59 Å². The Balaban J connectivity index is 2.14. The van der Waals surface area contributed by atoms with Gasteiger partial charge in [-0.25, -0.2) is 0 Å². The van der Waals surface area contributed by atoms with E-state index in [1.54, 1.807) is 18.2 Å². The number of methoxy groups -OCH3 is 1. The first-order valence-corrected chi connectivity index (χ1v) is 7.15. The average Bonchev–Trinajstić information content (AvgIpc) is 2.79. The highest BCUT2D eigenvalue weighted by Crippen LogP contribution is 2.26. The van der Waals surface area contributed by atoms with Crippen molar-refractivity contribution < 1.29 is 13.9 Å². The maximum Gasteiger partial charge on any atom is 0.263 e. The molecular weight excluding hydrogens is 310 g/mol. The lowest BCUT2D eigenvalue weighted by Crippen LogP contribution is -2.17. The van der Waals surface area contributed by atoms with Crippen molar-refractivity contribution in [2.45, 2.75) is 0 Å². The number of nitrogens with one attached hydrogen (secondary N) is 1. The second-order valence-corrected chi connectivity index (χ2v) is 5.95. The van der Waals surface area contributed by atoms with Gasteiger partial charge < -0.3 is 14.5 Å². The fraction of sp³-hybridized carbons (Fsp3) is 0.0714. The van der Waals surface area contributed by atoms with Gasteiger partial charge in [-0.15, -0.1) is 0 Å². The molecule has 0 spiro atoms. The molecule has 0 aliphatic carbocycles. The number of ether oxygens (including phenoxy) is 1. The van der Waals surface area contributed by atoms with Gasteiger partial charge in [0.15, 0.2) is 5.43 Å². The Morgan fingerprint density at radius 3 is 2.86 bits per heavy atom. The highest BCUT2D eigenvalue weighted by molar-refractivity contribution is 8.26. The Morgan fingerprint density at radius 2 is 2.19 bits per heavy atom. The SMILES string of the molecule is COc1ccc2occ(/C=C3/SC(=S)NC3=O)c(=O)c2c1. The van der Waals surface area contributed by atoms with Crippen molar-refractivity contribution in [1.29, 1.82) is 0 Å². The van der Waals surface area contributed by atoms with E-state index in [9.17, 15) is 9.59 Å². The minimum atomic E-state index is -0.310. The molecule has 0 atom stereocenters. The summed E-state index contributed by atoms with van der Waals surface area (Å²) in [4.78, 5) is 24.4. The Kier molecular flexibility index (Phi) is 3.52. The molecule has 1 fully saturated rings. The number of fused-ring (bicyclic) bond motifs is 1. The first kappa shape index (κ1) is 13.8. The van der Waals surface area contributed by atoms with Gasteiger partial charge in [-0.1, -0.05) is 24.0 Å². The molecule has 2 aromatic rings. The molecule has 1 amide bonds. The summed E-state index contributed by atoms with van der Waals surface area (Å²) in [7, 11) is 1.52. The van der Waals surface area contributed by atoms with E-state index < -0.39 is 0 Å². The highest BCUT2D eigenvalue weighted by Gasteiger charge is 2.22. The van der Waals surface area contributed by atoms with Gasteiger partial charge in [-0.05, 0) is 24.3 Å². The van der Waals surface area contributed by atoms with Crippen molar-refractivity contribution in [2.75, 3.05) is 7.11 Å². The quantitative estimate of drug-likeness (QED) is 0.676. The Morgan fingerprint density at radius 1 is 1.38 bits per heavy atom. The monoisotopic (exact) mass is 319 g/mol. The van der Waals surface area contributed by atoms with Gasteiger partial charge >= 0.3 is 0 Å². The highest BCUT2D eigenvalue weighted by atomic mass is 32.2. The van der Waals surface area contributed by atoms with Crippen molar-refractivity contribution >= 4 is 51.3 Å². The summed E-state index contributed by atoms with van der Waals surface area (Å²) in [5, 5.41) is 2.89. The van der Waals surface area contributed by atoms with E-state index in [4.69, 9.17) is 21.4 Å². The molecule has 106 valence electrons. The molecule has 5 nitrogen and oxygen atoms in total. The standard InChI is InChI=1S/C14H9NO4S2/c1-18-8-2-3-10-9(5-8)12(16)7(6-19-10)4-11-13(17)15-14(20)21-11/h2-6H,1H3,(H,15,17,20)/b11-4+. The third-order valence-corrected chi connectivity index (χ3v) is 4.10. The Bertz CT molecular complexity index is 854. The third kappa shape index (κ3) is 2.57. The van der Waals surface area contributed by atoms with Crippen LogP contribution in [0.3, 0.4) is 0 Å². The van der Waals surface area contributed by atoms with Crippen LogP contribution in [0, 0.1) is 0 Å². The minimum Gasteiger partial charge on any atom is -0.497 e. The van der Waals surface area contributed by atoms with Crippen LogP contribution in [0.4, 0.5) is 0 Å². The number of carbonyl (C=O) groups is 1. The number of amides is 1. The zero-order valence-electron chi connectivity index (χ0n) is 10.8. The molecule has 0 bridgehead atoms. The van der Waals surface area contributed by atoms with E-state index in [-0.39, 0.29) is 16.9 Å².